The summed E-state index contributed by atoms with van der Waals surface area (Å²) in [6, 6.07) is 0.691. The number of hydrogen-bond donors (Lipinski definition) is 1. The quantitative estimate of drug-likeness (QED) is 0.780. The third-order valence-corrected chi connectivity index (χ3v) is 2.66. The average molecular weight is 267 g/mol. The Balaban J connectivity index is 3.02. The molecule has 1 aromatic rings. The van der Waals surface area contributed by atoms with Crippen LogP contribution in [0.1, 0.15) is 40.5 Å². The van der Waals surface area contributed by atoms with Crippen LogP contribution in [-0.2, 0) is 0 Å². The Morgan fingerprint density at radius 3 is 2.42 bits per heavy atom. The Morgan fingerprint density at radius 1 is 1.16 bits per heavy atom. The molecule has 1 rings (SSSR count). The summed E-state index contributed by atoms with van der Waals surface area (Å²) in [5, 5.41) is 3.18. The predicted octanol–water partition coefficient (Wildman–Crippen LogP) is 2.33. The van der Waals surface area contributed by atoms with Gasteiger partial charge in [-0.05, 0) is 26.7 Å². The molecule has 0 aliphatic carbocycles. The molecule has 1 aromatic heterocycles. The SMILES string of the molecule is CCCNc1nc(OC)nc(N(CCC)C(C)C)n1. The van der Waals surface area contributed by atoms with E-state index >= 15 is 0 Å². The van der Waals surface area contributed by atoms with E-state index in [1.807, 2.05) is 0 Å². The van der Waals surface area contributed by atoms with Gasteiger partial charge in [-0.1, -0.05) is 13.8 Å². The number of hydrogen-bond acceptors (Lipinski definition) is 6. The summed E-state index contributed by atoms with van der Waals surface area (Å²) < 4.78 is 5.15. The molecule has 1 N–H and O–H groups in total. The fraction of sp³-hybridized carbons (Fsp3) is 0.769. The maximum Gasteiger partial charge on any atom is 0.322 e. The van der Waals surface area contributed by atoms with Crippen LogP contribution in [0, 0.1) is 0 Å². The van der Waals surface area contributed by atoms with E-state index in [2.05, 4.69) is 52.9 Å². The zero-order valence-corrected chi connectivity index (χ0v) is 12.6. The summed E-state index contributed by atoms with van der Waals surface area (Å²) in [4.78, 5) is 15.2. The highest BCUT2D eigenvalue weighted by Crippen LogP contribution is 2.17. The van der Waals surface area contributed by atoms with Crippen LogP contribution in [0.3, 0.4) is 0 Å². The first-order chi connectivity index (χ1) is 9.12. The van der Waals surface area contributed by atoms with E-state index in [0.29, 0.717) is 23.9 Å². The van der Waals surface area contributed by atoms with E-state index in [9.17, 15) is 0 Å². The van der Waals surface area contributed by atoms with Gasteiger partial charge in [-0.3, -0.25) is 0 Å². The normalized spacial score (nSPS) is 10.6. The monoisotopic (exact) mass is 267 g/mol. The molecule has 108 valence electrons. The van der Waals surface area contributed by atoms with Gasteiger partial charge < -0.3 is 15.0 Å². The molecule has 6 heteroatoms. The predicted molar refractivity (Wildman–Crippen MR) is 77.9 cm³/mol. The maximum absolute atomic E-state index is 5.15. The molecule has 19 heavy (non-hydrogen) atoms. The molecule has 0 unspecified atom stereocenters. The molecule has 0 bridgehead atoms. The van der Waals surface area contributed by atoms with Gasteiger partial charge in [0.05, 0.1) is 7.11 Å². The summed E-state index contributed by atoms with van der Waals surface area (Å²) in [7, 11) is 1.57. The van der Waals surface area contributed by atoms with Gasteiger partial charge in [-0.25, -0.2) is 0 Å². The Bertz CT molecular complexity index is 383. The van der Waals surface area contributed by atoms with Crippen LogP contribution < -0.4 is 15.0 Å². The second-order valence-electron chi connectivity index (χ2n) is 4.66. The largest absolute Gasteiger partial charge is 0.467 e. The lowest BCUT2D eigenvalue weighted by atomic mass is 10.3. The summed E-state index contributed by atoms with van der Waals surface area (Å²) in [5.41, 5.74) is 0. The number of methoxy groups -OCH3 is 1. The smallest absolute Gasteiger partial charge is 0.322 e. The second kappa shape index (κ2) is 7.76. The van der Waals surface area contributed by atoms with Crippen LogP contribution in [0.25, 0.3) is 0 Å². The van der Waals surface area contributed by atoms with Gasteiger partial charge in [0.1, 0.15) is 0 Å². The number of nitrogens with zero attached hydrogens (tertiary/aromatic N) is 4. The van der Waals surface area contributed by atoms with Crippen molar-refractivity contribution in [1.29, 1.82) is 0 Å². The fourth-order valence-corrected chi connectivity index (χ4v) is 1.71. The lowest BCUT2D eigenvalue weighted by Gasteiger charge is -2.26. The Labute approximate surface area is 115 Å². The van der Waals surface area contributed by atoms with Crippen LogP contribution in [-0.4, -0.2) is 41.2 Å². The minimum atomic E-state index is 0.339. The molecule has 0 saturated carbocycles. The average Bonchev–Trinajstić information content (AvgIpc) is 2.41. The van der Waals surface area contributed by atoms with E-state index in [-0.39, 0.29) is 0 Å². The molecule has 0 saturated heterocycles. The Morgan fingerprint density at radius 2 is 1.89 bits per heavy atom. The Hall–Kier alpha value is -1.59. The van der Waals surface area contributed by atoms with E-state index in [1.54, 1.807) is 7.11 Å². The first-order valence-corrected chi connectivity index (χ1v) is 6.92. The maximum atomic E-state index is 5.15. The highest BCUT2D eigenvalue weighted by Gasteiger charge is 2.15. The van der Waals surface area contributed by atoms with Crippen LogP contribution >= 0.6 is 0 Å². The minimum absolute atomic E-state index is 0.339. The highest BCUT2D eigenvalue weighted by atomic mass is 16.5. The standard InChI is InChI=1S/C13H25N5O/c1-6-8-14-11-15-12(17-13(16-11)19-5)18(9-7-2)10(3)4/h10H,6-9H2,1-5H3,(H,14,15,16,17). The molecular weight excluding hydrogens is 242 g/mol. The topological polar surface area (TPSA) is 63.2 Å². The number of aromatic nitrogens is 3. The molecule has 6 nitrogen and oxygen atoms in total. The first kappa shape index (κ1) is 15.5. The van der Waals surface area contributed by atoms with Crippen molar-refractivity contribution in [3.05, 3.63) is 0 Å². The molecule has 0 aliphatic heterocycles. The van der Waals surface area contributed by atoms with Gasteiger partial charge in [0.15, 0.2) is 0 Å². The molecule has 0 aromatic carbocycles. The zero-order valence-electron chi connectivity index (χ0n) is 12.6. The third kappa shape index (κ3) is 4.54. The van der Waals surface area contributed by atoms with Crippen molar-refractivity contribution in [3.63, 3.8) is 0 Å². The van der Waals surface area contributed by atoms with Crippen LogP contribution in [0.5, 0.6) is 6.01 Å². The van der Waals surface area contributed by atoms with E-state index in [1.165, 1.54) is 0 Å². The third-order valence-electron chi connectivity index (χ3n) is 2.66. The summed E-state index contributed by atoms with van der Waals surface area (Å²) in [5.74, 6) is 1.24. The molecule has 0 amide bonds. The number of anilines is 2. The zero-order chi connectivity index (χ0) is 14.3. The van der Waals surface area contributed by atoms with Crippen molar-refractivity contribution in [2.24, 2.45) is 0 Å². The first-order valence-electron chi connectivity index (χ1n) is 6.92. The van der Waals surface area contributed by atoms with Gasteiger partial charge in [0.2, 0.25) is 11.9 Å². The highest BCUT2D eigenvalue weighted by molar-refractivity contribution is 5.39. The second-order valence-corrected chi connectivity index (χ2v) is 4.66. The lowest BCUT2D eigenvalue weighted by molar-refractivity contribution is 0.378. The summed E-state index contributed by atoms with van der Waals surface area (Å²) in [6.45, 7) is 10.3. The van der Waals surface area contributed by atoms with Crippen LogP contribution in [0.4, 0.5) is 11.9 Å². The van der Waals surface area contributed by atoms with Crippen molar-refractivity contribution in [1.82, 2.24) is 15.0 Å². The molecule has 0 aliphatic rings. The fourth-order valence-electron chi connectivity index (χ4n) is 1.71. The van der Waals surface area contributed by atoms with Gasteiger partial charge in [0.25, 0.3) is 0 Å². The number of nitrogens with one attached hydrogen (secondary N) is 1. The number of rotatable bonds is 8. The summed E-state index contributed by atoms with van der Waals surface area (Å²) in [6.07, 6.45) is 2.07. The van der Waals surface area contributed by atoms with Crippen molar-refractivity contribution >= 4 is 11.9 Å². The van der Waals surface area contributed by atoms with E-state index in [4.69, 9.17) is 4.74 Å². The van der Waals surface area contributed by atoms with E-state index < -0.39 is 0 Å². The molecule has 0 fully saturated rings. The van der Waals surface area contributed by atoms with Crippen molar-refractivity contribution in [3.8, 4) is 6.01 Å². The van der Waals surface area contributed by atoms with Gasteiger partial charge in [-0.2, -0.15) is 15.0 Å². The molecule has 1 heterocycles. The van der Waals surface area contributed by atoms with Gasteiger partial charge >= 0.3 is 6.01 Å². The van der Waals surface area contributed by atoms with Crippen LogP contribution in [0.2, 0.25) is 0 Å². The van der Waals surface area contributed by atoms with Crippen molar-refractivity contribution < 1.29 is 4.74 Å². The van der Waals surface area contributed by atoms with E-state index in [0.717, 1.165) is 25.9 Å². The lowest BCUT2D eigenvalue weighted by Crippen LogP contribution is -2.33. The number of ether oxygens (including phenoxy) is 1. The molecule has 0 radical (unpaired) electrons. The minimum Gasteiger partial charge on any atom is -0.467 e. The van der Waals surface area contributed by atoms with Gasteiger partial charge in [-0.15, -0.1) is 0 Å². The van der Waals surface area contributed by atoms with Crippen molar-refractivity contribution in [2.75, 3.05) is 30.4 Å². The molecule has 0 spiro atoms. The van der Waals surface area contributed by atoms with Crippen molar-refractivity contribution in [2.45, 2.75) is 46.6 Å². The molecular formula is C13H25N5O. The summed E-state index contributed by atoms with van der Waals surface area (Å²) >= 11 is 0. The van der Waals surface area contributed by atoms with Crippen LogP contribution in [0.15, 0.2) is 0 Å². The van der Waals surface area contributed by atoms with Gasteiger partial charge in [0, 0.05) is 19.1 Å². The molecule has 0 atom stereocenters. The Kier molecular flexibility index (Phi) is 6.32.